The molecule has 0 bridgehead atoms. The van der Waals surface area contributed by atoms with E-state index in [1.165, 1.54) is 5.56 Å². The summed E-state index contributed by atoms with van der Waals surface area (Å²) in [5.74, 6) is 0.109. The average Bonchev–Trinajstić information content (AvgIpc) is 2.92. The third kappa shape index (κ3) is 5.37. The van der Waals surface area contributed by atoms with E-state index in [-0.39, 0.29) is 12.5 Å². The molecular weight excluding hydrogens is 366 g/mol. The number of unbranched alkanes of at least 4 members (excludes halogenated alkanes) is 1. The van der Waals surface area contributed by atoms with Crippen molar-refractivity contribution >= 4 is 17.8 Å². The Bertz CT molecular complexity index is 729. The van der Waals surface area contributed by atoms with Crippen LogP contribution in [-0.4, -0.2) is 35.8 Å². The van der Waals surface area contributed by atoms with E-state index in [1.54, 1.807) is 6.92 Å². The number of hydrogen-bond acceptors (Lipinski definition) is 3. The SMILES string of the molecule is CCCC[C@@H](CC)CNC(=O)CN1C(=O)N[C@](C)(c2ccc(C(C)C)cc2)C1=O. The fourth-order valence-corrected chi connectivity index (χ4v) is 3.64. The summed E-state index contributed by atoms with van der Waals surface area (Å²) in [6, 6.07) is 7.16. The lowest BCUT2D eigenvalue weighted by atomic mass is 9.90. The van der Waals surface area contributed by atoms with Gasteiger partial charge in [-0.25, -0.2) is 4.79 Å². The van der Waals surface area contributed by atoms with E-state index in [9.17, 15) is 14.4 Å². The summed E-state index contributed by atoms with van der Waals surface area (Å²) in [5, 5.41) is 5.65. The largest absolute Gasteiger partial charge is 0.354 e. The quantitative estimate of drug-likeness (QED) is 0.584. The first-order valence-electron chi connectivity index (χ1n) is 10.7. The van der Waals surface area contributed by atoms with Crippen LogP contribution in [0.4, 0.5) is 4.79 Å². The summed E-state index contributed by atoms with van der Waals surface area (Å²) in [4.78, 5) is 38.8. The lowest BCUT2D eigenvalue weighted by molar-refractivity contribution is -0.134. The van der Waals surface area contributed by atoms with Crippen molar-refractivity contribution in [2.24, 2.45) is 5.92 Å². The Morgan fingerprint density at radius 2 is 1.83 bits per heavy atom. The molecule has 0 aromatic heterocycles. The zero-order valence-corrected chi connectivity index (χ0v) is 18.4. The summed E-state index contributed by atoms with van der Waals surface area (Å²) in [5.41, 5.74) is 0.729. The van der Waals surface area contributed by atoms with Gasteiger partial charge in [-0.2, -0.15) is 0 Å². The van der Waals surface area contributed by atoms with Crippen molar-refractivity contribution in [3.05, 3.63) is 35.4 Å². The first kappa shape index (κ1) is 22.9. The summed E-state index contributed by atoms with van der Waals surface area (Å²) in [6.45, 7) is 10.5. The smallest absolute Gasteiger partial charge is 0.325 e. The van der Waals surface area contributed by atoms with Gasteiger partial charge in [-0.05, 0) is 36.3 Å². The minimum atomic E-state index is -1.15. The molecule has 1 aliphatic heterocycles. The molecule has 0 unspecified atom stereocenters. The summed E-state index contributed by atoms with van der Waals surface area (Å²) in [7, 11) is 0. The van der Waals surface area contributed by atoms with Crippen LogP contribution in [0.3, 0.4) is 0 Å². The Kier molecular flexibility index (Phi) is 7.82. The Morgan fingerprint density at radius 3 is 2.38 bits per heavy atom. The van der Waals surface area contributed by atoms with Crippen LogP contribution >= 0.6 is 0 Å². The van der Waals surface area contributed by atoms with Crippen LogP contribution in [0, 0.1) is 5.92 Å². The molecule has 4 amide bonds. The molecule has 0 spiro atoms. The zero-order chi connectivity index (χ0) is 21.6. The predicted octanol–water partition coefficient (Wildman–Crippen LogP) is 3.91. The Morgan fingerprint density at radius 1 is 1.17 bits per heavy atom. The number of carbonyl (C=O) groups is 3. The Balaban J connectivity index is 2.01. The Hall–Kier alpha value is -2.37. The van der Waals surface area contributed by atoms with Gasteiger partial charge in [-0.3, -0.25) is 14.5 Å². The third-order valence-corrected chi connectivity index (χ3v) is 5.86. The van der Waals surface area contributed by atoms with E-state index >= 15 is 0 Å². The number of amides is 4. The number of hydrogen-bond donors (Lipinski definition) is 2. The lowest BCUT2D eigenvalue weighted by Gasteiger charge is -2.23. The number of rotatable bonds is 10. The summed E-state index contributed by atoms with van der Waals surface area (Å²) in [6.07, 6.45) is 4.33. The average molecular weight is 402 g/mol. The second-order valence-electron chi connectivity index (χ2n) is 8.44. The van der Waals surface area contributed by atoms with Crippen molar-refractivity contribution in [1.82, 2.24) is 15.5 Å². The highest BCUT2D eigenvalue weighted by molar-refractivity contribution is 6.09. The molecule has 2 rings (SSSR count). The molecule has 160 valence electrons. The fraction of sp³-hybridized carbons (Fsp3) is 0.609. The van der Waals surface area contributed by atoms with Gasteiger partial charge < -0.3 is 10.6 Å². The van der Waals surface area contributed by atoms with Crippen molar-refractivity contribution in [2.75, 3.05) is 13.1 Å². The number of imide groups is 1. The van der Waals surface area contributed by atoms with Crippen LogP contribution < -0.4 is 10.6 Å². The van der Waals surface area contributed by atoms with Crippen LogP contribution in [0.2, 0.25) is 0 Å². The summed E-state index contributed by atoms with van der Waals surface area (Å²) < 4.78 is 0. The van der Waals surface area contributed by atoms with Crippen molar-refractivity contribution < 1.29 is 14.4 Å². The number of benzene rings is 1. The van der Waals surface area contributed by atoms with Gasteiger partial charge in [0.2, 0.25) is 5.91 Å². The molecule has 1 aromatic rings. The summed E-state index contributed by atoms with van der Waals surface area (Å²) >= 11 is 0. The number of urea groups is 1. The molecule has 1 saturated heterocycles. The lowest BCUT2D eigenvalue weighted by Crippen LogP contribution is -2.44. The molecule has 1 aliphatic rings. The molecule has 0 radical (unpaired) electrons. The highest BCUT2D eigenvalue weighted by atomic mass is 16.2. The molecule has 2 N–H and O–H groups in total. The van der Waals surface area contributed by atoms with E-state index < -0.39 is 17.5 Å². The molecular formula is C23H35N3O3. The molecule has 6 heteroatoms. The number of nitrogens with one attached hydrogen (secondary N) is 2. The fourth-order valence-electron chi connectivity index (χ4n) is 3.64. The van der Waals surface area contributed by atoms with Crippen LogP contribution in [0.5, 0.6) is 0 Å². The molecule has 1 aromatic carbocycles. The predicted molar refractivity (Wildman–Crippen MR) is 114 cm³/mol. The van der Waals surface area contributed by atoms with E-state index in [4.69, 9.17) is 0 Å². The second-order valence-corrected chi connectivity index (χ2v) is 8.44. The maximum Gasteiger partial charge on any atom is 0.325 e. The van der Waals surface area contributed by atoms with Crippen LogP contribution in [-0.2, 0) is 15.1 Å². The van der Waals surface area contributed by atoms with E-state index in [1.807, 2.05) is 24.3 Å². The maximum atomic E-state index is 13.0. The van der Waals surface area contributed by atoms with Gasteiger partial charge in [0, 0.05) is 6.54 Å². The highest BCUT2D eigenvalue weighted by Crippen LogP contribution is 2.29. The van der Waals surface area contributed by atoms with E-state index in [2.05, 4.69) is 38.3 Å². The standard InChI is InChI=1S/C23H35N3O3/c1-6-8-9-17(7-2)14-24-20(27)15-26-21(28)23(5,25-22(26)29)19-12-10-18(11-13-19)16(3)4/h10-13,16-17H,6-9,14-15H2,1-5H3,(H,24,27)(H,25,29)/t17-,23-/m1/s1. The molecule has 2 atom stereocenters. The molecule has 29 heavy (non-hydrogen) atoms. The van der Waals surface area contributed by atoms with Crippen LogP contribution in [0.1, 0.15) is 77.3 Å². The first-order valence-corrected chi connectivity index (χ1v) is 10.7. The van der Waals surface area contributed by atoms with Crippen LogP contribution in [0.15, 0.2) is 24.3 Å². The van der Waals surface area contributed by atoms with Crippen molar-refractivity contribution in [1.29, 1.82) is 0 Å². The second kappa shape index (κ2) is 9.90. The van der Waals surface area contributed by atoms with Gasteiger partial charge in [0.15, 0.2) is 0 Å². The molecule has 0 aliphatic carbocycles. The van der Waals surface area contributed by atoms with Gasteiger partial charge in [0.25, 0.3) is 5.91 Å². The Labute approximate surface area is 174 Å². The molecule has 6 nitrogen and oxygen atoms in total. The van der Waals surface area contributed by atoms with Crippen molar-refractivity contribution in [3.8, 4) is 0 Å². The van der Waals surface area contributed by atoms with Gasteiger partial charge >= 0.3 is 6.03 Å². The van der Waals surface area contributed by atoms with Gasteiger partial charge in [-0.1, -0.05) is 71.2 Å². The van der Waals surface area contributed by atoms with E-state index in [0.29, 0.717) is 23.9 Å². The van der Waals surface area contributed by atoms with Crippen molar-refractivity contribution in [3.63, 3.8) is 0 Å². The van der Waals surface area contributed by atoms with Gasteiger partial charge in [0.1, 0.15) is 12.1 Å². The molecule has 0 saturated carbocycles. The molecule has 1 fully saturated rings. The molecule has 1 heterocycles. The van der Waals surface area contributed by atoms with Gasteiger partial charge in [-0.15, -0.1) is 0 Å². The topological polar surface area (TPSA) is 78.5 Å². The zero-order valence-electron chi connectivity index (χ0n) is 18.4. The maximum absolute atomic E-state index is 13.0. The minimum absolute atomic E-state index is 0.255. The first-order chi connectivity index (χ1) is 13.7. The number of nitrogens with zero attached hydrogens (tertiary/aromatic N) is 1. The van der Waals surface area contributed by atoms with Gasteiger partial charge in [0.05, 0.1) is 0 Å². The number of carbonyl (C=O) groups excluding carboxylic acids is 3. The third-order valence-electron chi connectivity index (χ3n) is 5.86. The van der Waals surface area contributed by atoms with Crippen LogP contribution in [0.25, 0.3) is 0 Å². The highest BCUT2D eigenvalue weighted by Gasteiger charge is 2.49. The van der Waals surface area contributed by atoms with Crippen molar-refractivity contribution in [2.45, 2.75) is 71.8 Å². The minimum Gasteiger partial charge on any atom is -0.354 e. The normalized spacial score (nSPS) is 20.1. The van der Waals surface area contributed by atoms with E-state index in [0.717, 1.165) is 30.6 Å². The monoisotopic (exact) mass is 401 g/mol.